The molecule has 2 fully saturated rings. The molecule has 2 aliphatic carbocycles. The normalized spacial score (nSPS) is 19.1. The number of rotatable bonds is 8. The van der Waals surface area contributed by atoms with Crippen LogP contribution in [0.25, 0.3) is 0 Å². The summed E-state index contributed by atoms with van der Waals surface area (Å²) < 4.78 is 0. The zero-order valence-corrected chi connectivity index (χ0v) is 19.3. The van der Waals surface area contributed by atoms with Crippen molar-refractivity contribution in [2.24, 2.45) is 11.8 Å². The molecule has 0 aliphatic heterocycles. The Morgan fingerprint density at radius 1 is 0.733 bits per heavy atom. The number of hydrogen-bond acceptors (Lipinski definition) is 1. The molecule has 0 N–H and O–H groups in total. The molecule has 0 heterocycles. The lowest BCUT2D eigenvalue weighted by Crippen LogP contribution is -2.27. The van der Waals surface area contributed by atoms with Gasteiger partial charge in [0.2, 0.25) is 0 Å². The number of hydrogen-bond donors (Lipinski definition) is 0. The Morgan fingerprint density at radius 3 is 1.43 bits per heavy atom. The highest BCUT2D eigenvalue weighted by molar-refractivity contribution is 5.80. The Bertz CT molecular complexity index is 827. The molecule has 0 spiro atoms. The minimum absolute atomic E-state index is 0.410. The highest BCUT2D eigenvalue weighted by Gasteiger charge is 2.34. The van der Waals surface area contributed by atoms with Crippen LogP contribution in [-0.2, 0) is 4.79 Å². The largest absolute Gasteiger partial charge is 0.300 e. The molecule has 2 atom stereocenters. The molecule has 0 amide bonds. The van der Waals surface area contributed by atoms with Crippen LogP contribution >= 0.6 is 0 Å². The van der Waals surface area contributed by atoms with E-state index in [2.05, 4.69) is 64.1 Å². The van der Waals surface area contributed by atoms with Gasteiger partial charge in [-0.15, -0.1) is 0 Å². The Labute approximate surface area is 183 Å². The van der Waals surface area contributed by atoms with Crippen LogP contribution in [-0.4, -0.2) is 5.78 Å². The molecule has 2 aromatic rings. The fourth-order valence-electron chi connectivity index (χ4n) is 5.80. The summed E-state index contributed by atoms with van der Waals surface area (Å²) in [6.45, 7) is 8.78. The van der Waals surface area contributed by atoms with E-state index < -0.39 is 0 Å². The molecule has 0 bridgehead atoms. The van der Waals surface area contributed by atoms with Crippen molar-refractivity contribution >= 4 is 5.78 Å². The molecule has 30 heavy (non-hydrogen) atoms. The minimum Gasteiger partial charge on any atom is -0.300 e. The SMILES string of the molecule is Cc1ccc([C@H](CC(=O)C[C@@H](c2ccc(C)cc2C)C2CCC2)C2CCC2)c(C)c1. The van der Waals surface area contributed by atoms with Crippen molar-refractivity contribution in [2.45, 2.75) is 90.9 Å². The summed E-state index contributed by atoms with van der Waals surface area (Å²) in [5.74, 6) is 2.68. The van der Waals surface area contributed by atoms with Crippen LogP contribution in [0.5, 0.6) is 0 Å². The van der Waals surface area contributed by atoms with Crippen molar-refractivity contribution in [3.8, 4) is 0 Å². The van der Waals surface area contributed by atoms with Gasteiger partial charge in [0.1, 0.15) is 5.78 Å². The van der Waals surface area contributed by atoms with E-state index in [1.54, 1.807) is 0 Å². The standard InChI is InChI=1S/C29H38O/c1-19-11-13-26(21(3)15-19)28(23-7-5-8-23)17-25(30)18-29(24-9-6-10-24)27-14-12-20(2)16-22(27)4/h11-16,23-24,28-29H,5-10,17-18H2,1-4H3/t28-,29-/m1/s1. The third-order valence-electron chi connectivity index (χ3n) is 7.98. The quantitative estimate of drug-likeness (QED) is 0.441. The van der Waals surface area contributed by atoms with E-state index in [-0.39, 0.29) is 0 Å². The number of Topliss-reactive ketones (excluding diaryl/α,β-unsaturated/α-hetero) is 1. The Hall–Kier alpha value is -1.89. The number of aryl methyl sites for hydroxylation is 4. The van der Waals surface area contributed by atoms with E-state index in [0.717, 1.165) is 12.8 Å². The molecule has 160 valence electrons. The van der Waals surface area contributed by atoms with E-state index in [1.165, 1.54) is 71.9 Å². The van der Waals surface area contributed by atoms with Crippen LogP contribution < -0.4 is 0 Å². The van der Waals surface area contributed by atoms with Crippen molar-refractivity contribution in [3.05, 3.63) is 69.8 Å². The fraction of sp³-hybridized carbons (Fsp3) is 0.552. The first kappa shape index (κ1) is 21.3. The number of carbonyl (C=O) groups is 1. The van der Waals surface area contributed by atoms with Gasteiger partial charge in [-0.1, -0.05) is 60.4 Å². The average Bonchev–Trinajstić information content (AvgIpc) is 2.57. The minimum atomic E-state index is 0.410. The van der Waals surface area contributed by atoms with Gasteiger partial charge >= 0.3 is 0 Å². The first-order chi connectivity index (χ1) is 14.4. The van der Waals surface area contributed by atoms with Crippen molar-refractivity contribution in [1.82, 2.24) is 0 Å². The van der Waals surface area contributed by atoms with Gasteiger partial charge in [0, 0.05) is 12.8 Å². The summed E-state index contributed by atoms with van der Waals surface area (Å²) in [7, 11) is 0. The van der Waals surface area contributed by atoms with Crippen molar-refractivity contribution in [2.75, 3.05) is 0 Å². The van der Waals surface area contributed by atoms with Crippen molar-refractivity contribution in [3.63, 3.8) is 0 Å². The Morgan fingerprint density at radius 2 is 1.13 bits per heavy atom. The maximum Gasteiger partial charge on any atom is 0.134 e. The second-order valence-electron chi connectivity index (χ2n) is 10.3. The topological polar surface area (TPSA) is 17.1 Å². The maximum atomic E-state index is 13.5. The van der Waals surface area contributed by atoms with Gasteiger partial charge < -0.3 is 0 Å². The fourth-order valence-corrected chi connectivity index (χ4v) is 5.80. The molecule has 0 radical (unpaired) electrons. The van der Waals surface area contributed by atoms with Gasteiger partial charge in [0.15, 0.2) is 0 Å². The smallest absolute Gasteiger partial charge is 0.134 e. The number of benzene rings is 2. The number of carbonyl (C=O) groups excluding carboxylic acids is 1. The van der Waals surface area contributed by atoms with E-state index in [1.807, 2.05) is 0 Å². The lowest BCUT2D eigenvalue weighted by atomic mass is 9.67. The van der Waals surface area contributed by atoms with Crippen molar-refractivity contribution in [1.29, 1.82) is 0 Å². The second-order valence-corrected chi connectivity index (χ2v) is 10.3. The van der Waals surface area contributed by atoms with Gasteiger partial charge in [-0.3, -0.25) is 4.79 Å². The monoisotopic (exact) mass is 402 g/mol. The van der Waals surface area contributed by atoms with Crippen LogP contribution in [0.4, 0.5) is 0 Å². The molecule has 1 nitrogen and oxygen atoms in total. The summed E-state index contributed by atoms with van der Waals surface area (Å²) in [5, 5.41) is 0. The Balaban J connectivity index is 1.53. The predicted molar refractivity (Wildman–Crippen MR) is 126 cm³/mol. The maximum absolute atomic E-state index is 13.5. The molecule has 1 heteroatoms. The van der Waals surface area contributed by atoms with Crippen molar-refractivity contribution < 1.29 is 4.79 Å². The van der Waals surface area contributed by atoms with Crippen LogP contribution in [0.15, 0.2) is 36.4 Å². The van der Waals surface area contributed by atoms with Crippen LogP contribution in [0.1, 0.15) is 96.6 Å². The van der Waals surface area contributed by atoms with E-state index in [0.29, 0.717) is 29.5 Å². The van der Waals surface area contributed by atoms with E-state index >= 15 is 0 Å². The molecule has 0 unspecified atom stereocenters. The van der Waals surface area contributed by atoms with Gasteiger partial charge in [-0.05, 0) is 99.3 Å². The molecule has 4 rings (SSSR count). The predicted octanol–water partition coefficient (Wildman–Crippen LogP) is 7.74. The first-order valence-corrected chi connectivity index (χ1v) is 12.1. The lowest BCUT2D eigenvalue weighted by molar-refractivity contribution is -0.120. The van der Waals surface area contributed by atoms with Crippen LogP contribution in [0.3, 0.4) is 0 Å². The molecule has 2 saturated carbocycles. The average molecular weight is 403 g/mol. The van der Waals surface area contributed by atoms with Gasteiger partial charge in [0.25, 0.3) is 0 Å². The molecule has 2 aromatic carbocycles. The highest BCUT2D eigenvalue weighted by atomic mass is 16.1. The number of ketones is 1. The summed E-state index contributed by atoms with van der Waals surface area (Å²) in [5.41, 5.74) is 8.20. The zero-order valence-electron chi connectivity index (χ0n) is 19.3. The molecular weight excluding hydrogens is 364 g/mol. The third kappa shape index (κ3) is 4.56. The van der Waals surface area contributed by atoms with Gasteiger partial charge in [-0.25, -0.2) is 0 Å². The van der Waals surface area contributed by atoms with E-state index in [9.17, 15) is 4.79 Å². The molecule has 0 saturated heterocycles. The summed E-state index contributed by atoms with van der Waals surface area (Å²) >= 11 is 0. The molecular formula is C29H38O. The zero-order chi connectivity index (χ0) is 21.3. The van der Waals surface area contributed by atoms with E-state index in [4.69, 9.17) is 0 Å². The Kier molecular flexibility index (Phi) is 6.46. The molecule has 2 aliphatic rings. The lowest BCUT2D eigenvalue weighted by Gasteiger charge is -2.37. The third-order valence-corrected chi connectivity index (χ3v) is 7.98. The molecule has 0 aromatic heterocycles. The second kappa shape index (κ2) is 9.08. The van der Waals surface area contributed by atoms with Gasteiger partial charge in [-0.2, -0.15) is 0 Å². The summed E-state index contributed by atoms with van der Waals surface area (Å²) in [6, 6.07) is 13.6. The van der Waals surface area contributed by atoms with Crippen LogP contribution in [0.2, 0.25) is 0 Å². The van der Waals surface area contributed by atoms with Gasteiger partial charge in [0.05, 0.1) is 0 Å². The highest BCUT2D eigenvalue weighted by Crippen LogP contribution is 2.45. The summed E-state index contributed by atoms with van der Waals surface area (Å²) in [6.07, 6.45) is 9.25. The first-order valence-electron chi connectivity index (χ1n) is 12.1. The summed E-state index contributed by atoms with van der Waals surface area (Å²) in [4.78, 5) is 13.5. The van der Waals surface area contributed by atoms with Crippen LogP contribution in [0, 0.1) is 39.5 Å².